The number of nitrogens with one attached hydrogen (secondary N) is 2. The van der Waals surface area contributed by atoms with E-state index in [-0.39, 0.29) is 23.3 Å². The second kappa shape index (κ2) is 14.7. The van der Waals surface area contributed by atoms with Crippen molar-refractivity contribution >= 4 is 45.8 Å². The molecule has 14 heteroatoms. The van der Waals surface area contributed by atoms with Gasteiger partial charge >= 0.3 is 6.03 Å². The van der Waals surface area contributed by atoms with Crippen molar-refractivity contribution in [3.05, 3.63) is 87.7 Å². The number of aromatic nitrogens is 2. The zero-order valence-corrected chi connectivity index (χ0v) is 28.4. The van der Waals surface area contributed by atoms with Crippen LogP contribution in [-0.4, -0.2) is 79.5 Å². The second-order valence-corrected chi connectivity index (χ2v) is 12.5. The van der Waals surface area contributed by atoms with Crippen molar-refractivity contribution in [3.8, 4) is 11.5 Å². The van der Waals surface area contributed by atoms with E-state index in [1.54, 1.807) is 43.3 Å². The number of piperazine rings is 1. The standard InChI is InChI=1S/C35H39ClFN7O5/c1-22(43(30-13-11-27(48-2)21-31(30)49-3)35(47)39-25-9-7-24(37)8-10-25)33-40-29-19-23(36)6-12-28(29)34(46)44(33)42-17-15-41(16-18-42)32(45)20-26-5-4-14-38-26/h6-13,19,21-22,26,38H,4-5,14-18,20H2,1-3H3,(H,39,47)/t22-,26-/m0/s1. The van der Waals surface area contributed by atoms with Gasteiger partial charge in [-0.15, -0.1) is 0 Å². The molecule has 3 aromatic carbocycles. The minimum Gasteiger partial charge on any atom is -0.497 e. The molecule has 1 aromatic heterocycles. The molecule has 0 aliphatic carbocycles. The maximum absolute atomic E-state index is 14.3. The van der Waals surface area contributed by atoms with Crippen molar-refractivity contribution in [2.75, 3.05) is 62.2 Å². The highest BCUT2D eigenvalue weighted by Gasteiger charge is 2.33. The van der Waals surface area contributed by atoms with Crippen LogP contribution < -0.4 is 35.6 Å². The number of hydrogen-bond donors (Lipinski definition) is 2. The van der Waals surface area contributed by atoms with Crippen molar-refractivity contribution in [1.29, 1.82) is 0 Å². The highest BCUT2D eigenvalue weighted by molar-refractivity contribution is 6.31. The lowest BCUT2D eigenvalue weighted by molar-refractivity contribution is -0.132. The number of benzene rings is 3. The van der Waals surface area contributed by atoms with Gasteiger partial charge in [-0.3, -0.25) is 14.5 Å². The Hall–Kier alpha value is -4.88. The van der Waals surface area contributed by atoms with Gasteiger partial charge in [-0.1, -0.05) is 11.6 Å². The van der Waals surface area contributed by atoms with Crippen LogP contribution in [0.15, 0.2) is 65.5 Å². The summed E-state index contributed by atoms with van der Waals surface area (Å²) >= 11 is 6.35. The minimum atomic E-state index is -0.869. The Morgan fingerprint density at radius 1 is 1.06 bits per heavy atom. The molecule has 3 amide bonds. The quantitative estimate of drug-likeness (QED) is 0.254. The summed E-state index contributed by atoms with van der Waals surface area (Å²) < 4.78 is 26.3. The summed E-state index contributed by atoms with van der Waals surface area (Å²) in [6.45, 7) is 4.28. The zero-order valence-electron chi connectivity index (χ0n) is 27.6. The van der Waals surface area contributed by atoms with Crippen molar-refractivity contribution in [2.45, 2.75) is 38.3 Å². The van der Waals surface area contributed by atoms with E-state index in [1.807, 2.05) is 9.91 Å². The molecule has 0 bridgehead atoms. The van der Waals surface area contributed by atoms with E-state index in [2.05, 4.69) is 10.6 Å². The third-order valence-corrected chi connectivity index (χ3v) is 9.27. The molecular formula is C35H39ClFN7O5. The van der Waals surface area contributed by atoms with Crippen LogP contribution >= 0.6 is 11.6 Å². The molecule has 2 saturated heterocycles. The van der Waals surface area contributed by atoms with E-state index in [9.17, 15) is 18.8 Å². The van der Waals surface area contributed by atoms with E-state index in [0.29, 0.717) is 71.4 Å². The molecule has 3 heterocycles. The second-order valence-electron chi connectivity index (χ2n) is 12.1. The van der Waals surface area contributed by atoms with Gasteiger partial charge in [0.15, 0.2) is 5.82 Å². The molecule has 49 heavy (non-hydrogen) atoms. The molecule has 0 unspecified atom stereocenters. The summed E-state index contributed by atoms with van der Waals surface area (Å²) in [7, 11) is 3.01. The van der Waals surface area contributed by atoms with Crippen LogP contribution in [0.5, 0.6) is 11.5 Å². The van der Waals surface area contributed by atoms with E-state index in [0.717, 1.165) is 19.4 Å². The largest absolute Gasteiger partial charge is 0.497 e. The third kappa shape index (κ3) is 7.27. The summed E-state index contributed by atoms with van der Waals surface area (Å²) in [6, 6.07) is 14.1. The fourth-order valence-corrected chi connectivity index (χ4v) is 6.60. The normalized spacial score (nSPS) is 16.8. The predicted molar refractivity (Wildman–Crippen MR) is 187 cm³/mol. The molecule has 0 radical (unpaired) electrons. The number of fused-ring (bicyclic) bond motifs is 1. The van der Waals surface area contributed by atoms with Gasteiger partial charge in [0.05, 0.1) is 49.9 Å². The average Bonchev–Trinajstić information content (AvgIpc) is 3.62. The number of amides is 3. The first kappa shape index (κ1) is 34.0. The smallest absolute Gasteiger partial charge is 0.327 e. The molecule has 2 N–H and O–H groups in total. The van der Waals surface area contributed by atoms with Crippen LogP contribution in [0.4, 0.5) is 20.6 Å². The van der Waals surface area contributed by atoms with Gasteiger partial charge in [-0.2, -0.15) is 0 Å². The molecule has 12 nitrogen and oxygen atoms in total. The van der Waals surface area contributed by atoms with E-state index in [4.69, 9.17) is 26.1 Å². The van der Waals surface area contributed by atoms with Gasteiger partial charge in [0, 0.05) is 42.3 Å². The molecule has 2 atom stereocenters. The Bertz CT molecular complexity index is 1890. The molecule has 6 rings (SSSR count). The van der Waals surface area contributed by atoms with Crippen molar-refractivity contribution < 1.29 is 23.5 Å². The van der Waals surface area contributed by atoms with Crippen molar-refractivity contribution in [1.82, 2.24) is 19.9 Å². The molecule has 4 aromatic rings. The molecule has 258 valence electrons. The van der Waals surface area contributed by atoms with Gasteiger partial charge in [-0.25, -0.2) is 18.8 Å². The Balaban J connectivity index is 1.41. The van der Waals surface area contributed by atoms with Gasteiger partial charge in [-0.05, 0) is 80.9 Å². The monoisotopic (exact) mass is 691 g/mol. The lowest BCUT2D eigenvalue weighted by atomic mass is 10.1. The number of hydrogen-bond acceptors (Lipinski definition) is 8. The van der Waals surface area contributed by atoms with Crippen LogP contribution in [0.25, 0.3) is 10.9 Å². The topological polar surface area (TPSA) is 121 Å². The van der Waals surface area contributed by atoms with Crippen LogP contribution in [-0.2, 0) is 4.79 Å². The predicted octanol–water partition coefficient (Wildman–Crippen LogP) is 4.93. The fraction of sp³-hybridized carbons (Fsp3) is 0.371. The summed E-state index contributed by atoms with van der Waals surface area (Å²) in [6.07, 6.45) is 2.50. The first-order valence-corrected chi connectivity index (χ1v) is 16.6. The lowest BCUT2D eigenvalue weighted by Gasteiger charge is -2.39. The van der Waals surface area contributed by atoms with Gasteiger partial charge < -0.3 is 30.0 Å². The van der Waals surface area contributed by atoms with Crippen LogP contribution in [0.3, 0.4) is 0 Å². The molecule has 0 saturated carbocycles. The van der Waals surface area contributed by atoms with E-state index in [1.165, 1.54) is 48.1 Å². The summed E-state index contributed by atoms with van der Waals surface area (Å²) in [5, 5.41) is 8.86. The van der Waals surface area contributed by atoms with Crippen LogP contribution in [0.2, 0.25) is 5.02 Å². The average molecular weight is 692 g/mol. The highest BCUT2D eigenvalue weighted by atomic mass is 35.5. The Morgan fingerprint density at radius 2 is 1.82 bits per heavy atom. The molecule has 0 spiro atoms. The fourth-order valence-electron chi connectivity index (χ4n) is 6.44. The number of halogens is 2. The maximum atomic E-state index is 14.3. The first-order chi connectivity index (χ1) is 23.7. The molecule has 2 aliphatic heterocycles. The van der Waals surface area contributed by atoms with E-state index >= 15 is 0 Å². The number of anilines is 2. The lowest BCUT2D eigenvalue weighted by Crippen LogP contribution is -2.57. The van der Waals surface area contributed by atoms with Crippen molar-refractivity contribution in [3.63, 3.8) is 0 Å². The number of methoxy groups -OCH3 is 2. The Labute approximate surface area is 288 Å². The number of rotatable bonds is 9. The SMILES string of the molecule is COc1ccc(N(C(=O)Nc2ccc(F)cc2)[C@@H](C)c2nc3cc(Cl)ccc3c(=O)n2N2CCN(C(=O)C[C@@H]3CCCN3)CC2)c(OC)c1. The highest BCUT2D eigenvalue weighted by Crippen LogP contribution is 2.37. The maximum Gasteiger partial charge on any atom is 0.327 e. The Kier molecular flexibility index (Phi) is 10.2. The number of nitrogens with zero attached hydrogens (tertiary/aromatic N) is 5. The number of carbonyl (C=O) groups is 2. The number of ether oxygens (including phenoxy) is 2. The number of urea groups is 1. The van der Waals surface area contributed by atoms with Crippen molar-refractivity contribution in [2.24, 2.45) is 0 Å². The van der Waals surface area contributed by atoms with Gasteiger partial charge in [0.25, 0.3) is 5.56 Å². The van der Waals surface area contributed by atoms with Crippen LogP contribution in [0.1, 0.15) is 38.1 Å². The third-order valence-electron chi connectivity index (χ3n) is 9.03. The number of carbonyl (C=O) groups excluding carboxylic acids is 2. The van der Waals surface area contributed by atoms with Gasteiger partial charge in [0.1, 0.15) is 17.3 Å². The first-order valence-electron chi connectivity index (χ1n) is 16.2. The summed E-state index contributed by atoms with van der Waals surface area (Å²) in [5.74, 6) is 0.754. The van der Waals surface area contributed by atoms with E-state index < -0.39 is 17.9 Å². The molecule has 2 aliphatic rings. The minimum absolute atomic E-state index is 0.0847. The molecular weight excluding hydrogens is 653 g/mol. The van der Waals surface area contributed by atoms with Gasteiger partial charge in [0.2, 0.25) is 5.91 Å². The van der Waals surface area contributed by atoms with Crippen LogP contribution in [0, 0.1) is 5.82 Å². The molecule has 2 fully saturated rings. The summed E-state index contributed by atoms with van der Waals surface area (Å²) in [4.78, 5) is 49.9. The Morgan fingerprint density at radius 3 is 2.49 bits per heavy atom. The summed E-state index contributed by atoms with van der Waals surface area (Å²) in [5.41, 5.74) is 0.770. The zero-order chi connectivity index (χ0) is 34.7.